The van der Waals surface area contributed by atoms with E-state index in [1.807, 2.05) is 44.2 Å². The number of carboxylic acids is 1. The Balaban J connectivity index is 1.72. The summed E-state index contributed by atoms with van der Waals surface area (Å²) in [6, 6.07) is 10.4. The number of nitrogens with zero attached hydrogens (tertiary/aromatic N) is 1. The molecular formula is C30H37N5O7. The highest BCUT2D eigenvalue weighted by Gasteiger charge is 2.37. The minimum Gasteiger partial charge on any atom is -0.480 e. The van der Waals surface area contributed by atoms with E-state index < -0.39 is 47.7 Å². The number of amides is 5. The number of rotatable bonds is 14. The van der Waals surface area contributed by atoms with Gasteiger partial charge in [-0.25, -0.2) is 0 Å². The number of hydrogen-bond donors (Lipinski definition) is 5. The summed E-state index contributed by atoms with van der Waals surface area (Å²) in [5.74, 6) is -3.68. The first-order valence-corrected chi connectivity index (χ1v) is 13.7. The molecular weight excluding hydrogens is 542 g/mol. The second kappa shape index (κ2) is 14.4. The van der Waals surface area contributed by atoms with Crippen LogP contribution in [-0.4, -0.2) is 77.2 Å². The Morgan fingerprint density at radius 3 is 2.14 bits per heavy atom. The Labute approximate surface area is 244 Å². The fourth-order valence-electron chi connectivity index (χ4n) is 4.78. The van der Waals surface area contributed by atoms with Crippen LogP contribution in [0.4, 0.5) is 5.69 Å². The summed E-state index contributed by atoms with van der Waals surface area (Å²) in [5, 5.41) is 20.7. The second-order valence-electron chi connectivity index (χ2n) is 10.6. The molecule has 2 aromatic carbocycles. The maximum atomic E-state index is 13.4. The lowest BCUT2D eigenvalue weighted by atomic mass is 10.00. The van der Waals surface area contributed by atoms with Crippen LogP contribution in [0.5, 0.6) is 0 Å². The quantitative estimate of drug-likeness (QED) is 0.210. The van der Waals surface area contributed by atoms with E-state index in [9.17, 15) is 33.9 Å². The Kier molecular flexibility index (Phi) is 10.9. The molecule has 0 fully saturated rings. The van der Waals surface area contributed by atoms with Gasteiger partial charge in [0.25, 0.3) is 11.8 Å². The van der Waals surface area contributed by atoms with Crippen LogP contribution in [0.25, 0.3) is 0 Å². The third-order valence-corrected chi connectivity index (χ3v) is 6.82. The topological polar surface area (TPSA) is 174 Å². The first kappa shape index (κ1) is 31.9. The number of benzene rings is 2. The summed E-state index contributed by atoms with van der Waals surface area (Å²) >= 11 is 0. The smallest absolute Gasteiger partial charge is 0.320 e. The van der Waals surface area contributed by atoms with Gasteiger partial charge < -0.3 is 21.1 Å². The molecule has 3 rings (SSSR count). The predicted molar refractivity (Wildman–Crippen MR) is 155 cm³/mol. The Bertz CT molecular complexity index is 1340. The molecule has 0 spiro atoms. The average molecular weight is 580 g/mol. The normalized spacial score (nSPS) is 14.6. The molecule has 224 valence electrons. The molecule has 0 aliphatic carbocycles. The molecule has 12 nitrogen and oxygen atoms in total. The summed E-state index contributed by atoms with van der Waals surface area (Å²) in [7, 11) is 1.47. The molecule has 12 heteroatoms. The lowest BCUT2D eigenvalue weighted by Gasteiger charge is -2.27. The fraction of sp³-hybridized carbons (Fsp3) is 0.400. The molecule has 0 radical (unpaired) electrons. The van der Waals surface area contributed by atoms with Crippen molar-refractivity contribution in [1.82, 2.24) is 20.9 Å². The van der Waals surface area contributed by atoms with Gasteiger partial charge in [-0.1, -0.05) is 44.2 Å². The SMILES string of the molecule is CNC(=O)[C@H](Cc1ccccc1)NC(=O)[C@H](CC(C)C)N[C@H](CCN1C(=O)c2ccc(NC(C)=O)cc2C1=O)C(=O)O. The van der Waals surface area contributed by atoms with Crippen molar-refractivity contribution in [1.29, 1.82) is 0 Å². The second-order valence-corrected chi connectivity index (χ2v) is 10.6. The minimum atomic E-state index is -1.27. The molecule has 1 aliphatic rings. The van der Waals surface area contributed by atoms with E-state index >= 15 is 0 Å². The molecule has 5 N–H and O–H groups in total. The first-order chi connectivity index (χ1) is 19.9. The van der Waals surface area contributed by atoms with Gasteiger partial charge >= 0.3 is 5.97 Å². The molecule has 1 heterocycles. The Morgan fingerprint density at radius 1 is 0.881 bits per heavy atom. The molecule has 1 aliphatic heterocycles. The third-order valence-electron chi connectivity index (χ3n) is 6.82. The molecule has 42 heavy (non-hydrogen) atoms. The van der Waals surface area contributed by atoms with Crippen molar-refractivity contribution in [2.75, 3.05) is 18.9 Å². The van der Waals surface area contributed by atoms with Crippen LogP contribution in [0.1, 0.15) is 59.9 Å². The van der Waals surface area contributed by atoms with Crippen LogP contribution < -0.4 is 21.3 Å². The molecule has 3 atom stereocenters. The monoisotopic (exact) mass is 579 g/mol. The van der Waals surface area contributed by atoms with Gasteiger partial charge in [0.05, 0.1) is 17.2 Å². The van der Waals surface area contributed by atoms with Gasteiger partial charge in [-0.2, -0.15) is 0 Å². The molecule has 0 saturated heterocycles. The Hall–Kier alpha value is -4.58. The maximum absolute atomic E-state index is 13.4. The number of carboxylic acid groups (broad SMARTS) is 1. The molecule has 2 aromatic rings. The van der Waals surface area contributed by atoms with Crippen molar-refractivity contribution in [3.05, 3.63) is 65.2 Å². The van der Waals surface area contributed by atoms with Crippen molar-refractivity contribution in [2.45, 2.75) is 58.2 Å². The van der Waals surface area contributed by atoms with Crippen LogP contribution in [0.15, 0.2) is 48.5 Å². The van der Waals surface area contributed by atoms with Crippen LogP contribution in [0.2, 0.25) is 0 Å². The van der Waals surface area contributed by atoms with Crippen LogP contribution in [-0.2, 0) is 25.6 Å². The first-order valence-electron chi connectivity index (χ1n) is 13.7. The zero-order valence-corrected chi connectivity index (χ0v) is 24.1. The van der Waals surface area contributed by atoms with Gasteiger partial charge in [0, 0.05) is 32.6 Å². The Morgan fingerprint density at radius 2 is 1.55 bits per heavy atom. The average Bonchev–Trinajstić information content (AvgIpc) is 3.17. The van der Waals surface area contributed by atoms with E-state index in [0.29, 0.717) is 5.69 Å². The van der Waals surface area contributed by atoms with E-state index in [1.165, 1.54) is 32.2 Å². The van der Waals surface area contributed by atoms with Crippen LogP contribution >= 0.6 is 0 Å². The van der Waals surface area contributed by atoms with Crippen molar-refractivity contribution in [2.24, 2.45) is 5.92 Å². The van der Waals surface area contributed by atoms with Crippen molar-refractivity contribution >= 4 is 41.2 Å². The third kappa shape index (κ3) is 8.23. The standard InChI is InChI=1S/C30H37N5O7/c1-17(2)14-24(27(38)34-25(26(37)31-4)15-19-8-6-5-7-9-19)33-23(30(41)42)12-13-35-28(39)21-11-10-20(32-18(3)36)16-22(21)29(35)40/h5-11,16-17,23-25,33H,12-15H2,1-4H3,(H,31,37)(H,32,36)(H,34,38)(H,41,42)/t23-,24+,25+/m1/s1. The van der Waals surface area contributed by atoms with Crippen molar-refractivity contribution in [3.63, 3.8) is 0 Å². The number of carbonyl (C=O) groups excluding carboxylic acids is 5. The fourth-order valence-corrected chi connectivity index (χ4v) is 4.78. The van der Waals surface area contributed by atoms with Crippen molar-refractivity contribution < 1.29 is 33.9 Å². The minimum absolute atomic E-state index is 0.00399. The van der Waals surface area contributed by atoms with E-state index in [1.54, 1.807) is 0 Å². The largest absolute Gasteiger partial charge is 0.480 e. The highest BCUT2D eigenvalue weighted by atomic mass is 16.4. The molecule has 0 unspecified atom stereocenters. The van der Waals surface area contributed by atoms with E-state index in [-0.39, 0.29) is 48.8 Å². The number of nitrogens with one attached hydrogen (secondary N) is 4. The van der Waals surface area contributed by atoms with Gasteiger partial charge in [-0.15, -0.1) is 0 Å². The van der Waals surface area contributed by atoms with Gasteiger partial charge in [-0.3, -0.25) is 39.0 Å². The van der Waals surface area contributed by atoms with Gasteiger partial charge in [0.1, 0.15) is 12.1 Å². The number of hydrogen-bond acceptors (Lipinski definition) is 7. The zero-order valence-electron chi connectivity index (χ0n) is 24.1. The lowest BCUT2D eigenvalue weighted by molar-refractivity contribution is -0.140. The van der Waals surface area contributed by atoms with Crippen LogP contribution in [0, 0.1) is 5.92 Å². The molecule has 0 bridgehead atoms. The van der Waals surface area contributed by atoms with E-state index in [0.717, 1.165) is 10.5 Å². The van der Waals surface area contributed by atoms with Crippen molar-refractivity contribution in [3.8, 4) is 0 Å². The molecule has 5 amide bonds. The van der Waals surface area contributed by atoms with E-state index in [4.69, 9.17) is 0 Å². The highest BCUT2D eigenvalue weighted by Crippen LogP contribution is 2.26. The van der Waals surface area contributed by atoms with E-state index in [2.05, 4.69) is 21.3 Å². The zero-order chi connectivity index (χ0) is 31.0. The van der Waals surface area contributed by atoms with Crippen LogP contribution in [0.3, 0.4) is 0 Å². The number of fused-ring (bicyclic) bond motifs is 1. The summed E-state index contributed by atoms with van der Waals surface area (Å²) in [6.07, 6.45) is 0.358. The lowest BCUT2D eigenvalue weighted by Crippen LogP contribution is -2.56. The van der Waals surface area contributed by atoms with Gasteiger partial charge in [-0.05, 0) is 42.5 Å². The number of carbonyl (C=O) groups is 6. The number of imide groups is 1. The van der Waals surface area contributed by atoms with Gasteiger partial charge in [0.15, 0.2) is 0 Å². The number of aliphatic carboxylic acids is 1. The van der Waals surface area contributed by atoms with Gasteiger partial charge in [0.2, 0.25) is 17.7 Å². The summed E-state index contributed by atoms with van der Waals surface area (Å²) in [5.41, 5.74) is 1.47. The number of anilines is 1. The summed E-state index contributed by atoms with van der Waals surface area (Å²) in [4.78, 5) is 76.4. The predicted octanol–water partition coefficient (Wildman–Crippen LogP) is 1.56. The summed E-state index contributed by atoms with van der Waals surface area (Å²) in [6.45, 7) is 4.87. The number of likely N-dealkylation sites (N-methyl/N-ethyl adjacent to an activating group) is 1. The summed E-state index contributed by atoms with van der Waals surface area (Å²) < 4.78 is 0. The maximum Gasteiger partial charge on any atom is 0.320 e. The molecule has 0 saturated carbocycles. The molecule has 0 aromatic heterocycles. The highest BCUT2D eigenvalue weighted by molar-refractivity contribution is 6.21.